The molecule has 132 valence electrons. The molecule has 1 aliphatic heterocycles. The molecule has 6 heteroatoms. The minimum atomic E-state index is -0.225. The fourth-order valence-corrected chi connectivity index (χ4v) is 4.68. The van der Waals surface area contributed by atoms with Gasteiger partial charge >= 0.3 is 5.56 Å². The number of pyridine rings is 1. The first-order chi connectivity index (χ1) is 12.6. The van der Waals surface area contributed by atoms with E-state index >= 15 is 0 Å². The highest BCUT2D eigenvalue weighted by molar-refractivity contribution is 7.98. The summed E-state index contributed by atoms with van der Waals surface area (Å²) in [7, 11) is 0. The zero-order chi connectivity index (χ0) is 18.3. The van der Waals surface area contributed by atoms with Crippen LogP contribution in [0.1, 0.15) is 29.4 Å². The molecule has 1 aliphatic rings. The maximum Gasteiger partial charge on any atom is 0.345 e. The number of hydrogen-bond donors (Lipinski definition) is 0. The molecule has 2 aromatic heterocycles. The minimum absolute atomic E-state index is 0.161. The Kier molecular flexibility index (Phi) is 4.28. The predicted molar refractivity (Wildman–Crippen MR) is 99.9 cm³/mol. The molecular weight excluding hydrogens is 346 g/mol. The van der Waals surface area contributed by atoms with Gasteiger partial charge in [-0.2, -0.15) is 4.57 Å². The maximum absolute atomic E-state index is 13.3. The summed E-state index contributed by atoms with van der Waals surface area (Å²) in [6.45, 7) is 4.41. The van der Waals surface area contributed by atoms with Crippen LogP contribution in [0, 0.1) is 6.92 Å². The lowest BCUT2D eigenvalue weighted by Crippen LogP contribution is -2.47. The number of nitrogens with zero attached hydrogens (tertiary/aromatic N) is 3. The molecule has 1 atom stereocenters. The summed E-state index contributed by atoms with van der Waals surface area (Å²) in [5, 5.41) is 12.8. The molecule has 0 fully saturated rings. The Morgan fingerprint density at radius 3 is 2.69 bits per heavy atom. The van der Waals surface area contributed by atoms with Crippen LogP contribution < -0.4 is 15.2 Å². The number of rotatable bonds is 3. The zero-order valence-corrected chi connectivity index (χ0v) is 15.5. The third-order valence-corrected chi connectivity index (χ3v) is 5.91. The van der Waals surface area contributed by atoms with E-state index in [4.69, 9.17) is 0 Å². The normalized spacial score (nSPS) is 15.8. The first-order valence-corrected chi connectivity index (χ1v) is 9.64. The van der Waals surface area contributed by atoms with Gasteiger partial charge in [-0.15, -0.1) is 0 Å². The van der Waals surface area contributed by atoms with Crippen LogP contribution in [-0.2, 0) is 12.3 Å². The molecule has 0 spiro atoms. The second-order valence-electron chi connectivity index (χ2n) is 6.28. The van der Waals surface area contributed by atoms with Crippen molar-refractivity contribution in [1.29, 1.82) is 0 Å². The van der Waals surface area contributed by atoms with E-state index in [0.29, 0.717) is 17.9 Å². The second-order valence-corrected chi connectivity index (χ2v) is 7.35. The SMILES string of the molecule is CC[n+]1c([O-])c(-c2ccccc2)c(=O)n2c1CSC2c1ccc(C)nc1. The summed E-state index contributed by atoms with van der Waals surface area (Å²) in [4.78, 5) is 17.7. The predicted octanol–water partition coefficient (Wildman–Crippen LogP) is 2.39. The first-order valence-electron chi connectivity index (χ1n) is 8.59. The van der Waals surface area contributed by atoms with E-state index < -0.39 is 0 Å². The highest BCUT2D eigenvalue weighted by Crippen LogP contribution is 2.39. The number of fused-ring (bicyclic) bond motifs is 1. The molecule has 3 heterocycles. The van der Waals surface area contributed by atoms with E-state index in [0.717, 1.165) is 17.1 Å². The van der Waals surface area contributed by atoms with Gasteiger partial charge in [0.15, 0.2) is 5.37 Å². The van der Waals surface area contributed by atoms with E-state index in [9.17, 15) is 9.90 Å². The Hall–Kier alpha value is -2.60. The molecule has 3 aromatic rings. The van der Waals surface area contributed by atoms with Crippen molar-refractivity contribution in [3.63, 3.8) is 0 Å². The van der Waals surface area contributed by atoms with Crippen LogP contribution in [-0.4, -0.2) is 9.55 Å². The Morgan fingerprint density at radius 1 is 1.27 bits per heavy atom. The van der Waals surface area contributed by atoms with Crippen LogP contribution in [0.2, 0.25) is 0 Å². The zero-order valence-electron chi connectivity index (χ0n) is 14.7. The van der Waals surface area contributed by atoms with Crippen molar-refractivity contribution >= 4 is 11.8 Å². The average molecular weight is 365 g/mol. The fourth-order valence-electron chi connectivity index (χ4n) is 3.38. The van der Waals surface area contributed by atoms with Crippen molar-refractivity contribution in [1.82, 2.24) is 9.55 Å². The van der Waals surface area contributed by atoms with Crippen molar-refractivity contribution < 1.29 is 9.67 Å². The highest BCUT2D eigenvalue weighted by Gasteiger charge is 2.37. The second kappa shape index (κ2) is 6.61. The number of aromatic nitrogens is 3. The molecule has 0 bridgehead atoms. The van der Waals surface area contributed by atoms with Gasteiger partial charge in [-0.1, -0.05) is 48.2 Å². The van der Waals surface area contributed by atoms with Crippen LogP contribution in [0.15, 0.2) is 53.5 Å². The van der Waals surface area contributed by atoms with Gasteiger partial charge in [0.2, 0.25) is 0 Å². The molecule has 4 rings (SSSR count). The van der Waals surface area contributed by atoms with E-state index in [1.807, 2.05) is 62.5 Å². The summed E-state index contributed by atoms with van der Waals surface area (Å²) >= 11 is 1.65. The molecular formula is C20H19N3O2S. The first kappa shape index (κ1) is 16.8. The maximum atomic E-state index is 13.3. The van der Waals surface area contributed by atoms with Gasteiger partial charge in [0, 0.05) is 17.5 Å². The Morgan fingerprint density at radius 2 is 2.04 bits per heavy atom. The van der Waals surface area contributed by atoms with Crippen molar-refractivity contribution in [3.05, 3.63) is 76.1 Å². The molecule has 0 aliphatic carbocycles. The third-order valence-electron chi connectivity index (χ3n) is 4.68. The largest absolute Gasteiger partial charge is 0.842 e. The van der Waals surface area contributed by atoms with Crippen LogP contribution >= 0.6 is 11.8 Å². The molecule has 0 N–H and O–H groups in total. The quantitative estimate of drug-likeness (QED) is 0.669. The summed E-state index contributed by atoms with van der Waals surface area (Å²) in [6.07, 6.45) is 1.82. The van der Waals surface area contributed by atoms with Gasteiger partial charge in [0.25, 0.3) is 5.82 Å². The molecule has 1 aromatic carbocycles. The van der Waals surface area contributed by atoms with E-state index in [2.05, 4.69) is 4.98 Å². The van der Waals surface area contributed by atoms with E-state index in [-0.39, 0.29) is 22.4 Å². The molecule has 0 saturated heterocycles. The fraction of sp³-hybridized carbons (Fsp3) is 0.250. The van der Waals surface area contributed by atoms with Gasteiger partial charge in [-0.25, -0.2) is 9.36 Å². The monoisotopic (exact) mass is 365 g/mol. The molecule has 5 nitrogen and oxygen atoms in total. The third kappa shape index (κ3) is 2.61. The van der Waals surface area contributed by atoms with Crippen molar-refractivity contribution in [2.24, 2.45) is 0 Å². The van der Waals surface area contributed by atoms with Crippen LogP contribution in [0.4, 0.5) is 0 Å². The summed E-state index contributed by atoms with van der Waals surface area (Å²) < 4.78 is 3.49. The average Bonchev–Trinajstić information content (AvgIpc) is 3.09. The summed E-state index contributed by atoms with van der Waals surface area (Å²) in [5.74, 6) is 1.20. The van der Waals surface area contributed by atoms with Crippen LogP contribution in [0.5, 0.6) is 5.88 Å². The lowest BCUT2D eigenvalue weighted by Gasteiger charge is -2.18. The van der Waals surface area contributed by atoms with Gasteiger partial charge in [0.1, 0.15) is 5.56 Å². The summed E-state index contributed by atoms with van der Waals surface area (Å²) in [6, 6.07) is 13.2. The van der Waals surface area contributed by atoms with Crippen LogP contribution in [0.3, 0.4) is 0 Å². The molecule has 0 amide bonds. The van der Waals surface area contributed by atoms with Crippen molar-refractivity contribution in [3.8, 4) is 17.0 Å². The number of thioether (sulfide) groups is 1. The standard InChI is InChI=1S/C20H19N3O2S/c1-3-22-16-12-26-20(15-10-9-13(2)21-11-15)23(16)19(25)17(18(22)24)14-7-5-4-6-8-14/h4-11,20H,3,12H2,1-2H3. The summed E-state index contributed by atoms with van der Waals surface area (Å²) in [5.41, 5.74) is 2.59. The van der Waals surface area contributed by atoms with Gasteiger partial charge < -0.3 is 5.11 Å². The molecule has 26 heavy (non-hydrogen) atoms. The Labute approximate surface area is 156 Å². The number of hydrogen-bond acceptors (Lipinski definition) is 4. The van der Waals surface area contributed by atoms with E-state index in [1.54, 1.807) is 20.9 Å². The van der Waals surface area contributed by atoms with Crippen LogP contribution in [0.25, 0.3) is 11.1 Å². The number of benzene rings is 1. The lowest BCUT2D eigenvalue weighted by molar-refractivity contribution is -0.741. The van der Waals surface area contributed by atoms with Gasteiger partial charge in [-0.05, 0) is 25.5 Å². The van der Waals surface area contributed by atoms with E-state index in [1.165, 1.54) is 0 Å². The number of aryl methyl sites for hydroxylation is 1. The molecule has 0 radical (unpaired) electrons. The molecule has 0 saturated carbocycles. The molecule has 1 unspecified atom stereocenters. The highest BCUT2D eigenvalue weighted by atomic mass is 32.2. The smallest absolute Gasteiger partial charge is 0.345 e. The minimum Gasteiger partial charge on any atom is -0.842 e. The Bertz CT molecular complexity index is 1010. The Balaban J connectivity index is 1.97. The van der Waals surface area contributed by atoms with Gasteiger partial charge in [0.05, 0.1) is 18.2 Å². The van der Waals surface area contributed by atoms with Crippen molar-refractivity contribution in [2.75, 3.05) is 0 Å². The lowest BCUT2D eigenvalue weighted by atomic mass is 10.1. The van der Waals surface area contributed by atoms with Crippen molar-refractivity contribution in [2.45, 2.75) is 31.5 Å². The van der Waals surface area contributed by atoms with Gasteiger partial charge in [-0.3, -0.25) is 4.98 Å². The topological polar surface area (TPSA) is 61.8 Å².